The number of hydrogen-bond acceptors (Lipinski definition) is 2. The van der Waals surface area contributed by atoms with Gasteiger partial charge in [-0.1, -0.05) is 0 Å². The molecule has 0 aliphatic carbocycles. The van der Waals surface area contributed by atoms with E-state index in [4.69, 9.17) is 8.42 Å². The Morgan fingerprint density at radius 1 is 1.50 bits per heavy atom. The minimum Gasteiger partial charge on any atom is -1.00 e. The average Bonchev–Trinajstić information content (AvgIpc) is 0.918. The van der Waals surface area contributed by atoms with E-state index in [9.17, 15) is 0 Å². The molecule has 2 nitrogen and oxygen atoms in total. The second-order valence-electron chi connectivity index (χ2n) is 0.0680. The van der Waals surface area contributed by atoms with Crippen LogP contribution in [0.5, 0.6) is 0 Å². The van der Waals surface area contributed by atoms with Gasteiger partial charge in [-0.05, 0) is 0 Å². The monoisotopic (exact) mass is 88.0 g/mol. The summed E-state index contributed by atoms with van der Waals surface area (Å²) in [6.45, 7) is 0. The molecule has 0 rings (SSSR count). The number of hydrogen-bond donors (Lipinski definition) is 0. The van der Waals surface area contributed by atoms with Crippen molar-refractivity contribution in [3.05, 3.63) is 0 Å². The van der Waals surface area contributed by atoms with Gasteiger partial charge in [-0.15, -0.1) is 0 Å². The summed E-state index contributed by atoms with van der Waals surface area (Å²) in [5.41, 5.74) is 0. The fraction of sp³-hybridized carbons (Fsp3) is 0. The van der Waals surface area contributed by atoms with Crippen LogP contribution in [0.25, 0.3) is 0 Å². The first-order valence-electron chi connectivity index (χ1n) is 0.333. The molecule has 0 saturated heterocycles. The van der Waals surface area contributed by atoms with E-state index in [1.54, 1.807) is 0 Å². The van der Waals surface area contributed by atoms with Crippen molar-refractivity contribution in [1.29, 1.82) is 0 Å². The van der Waals surface area contributed by atoms with Crippen molar-refractivity contribution in [2.45, 2.75) is 0 Å². The molecule has 0 saturated carbocycles. The normalized spacial score (nSPS) is 3.00. The van der Waals surface area contributed by atoms with Gasteiger partial charge in [0.15, 0.2) is 0 Å². The fourth-order valence-corrected chi connectivity index (χ4v) is 0. The second kappa shape index (κ2) is 9.17. The zero-order valence-electron chi connectivity index (χ0n) is 3.22. The molecule has 0 aliphatic heterocycles. The number of rotatable bonds is 0. The van der Waals surface area contributed by atoms with E-state index in [-0.39, 0.29) is 31.0 Å². The summed E-state index contributed by atoms with van der Waals surface area (Å²) in [5, 5.41) is 0. The van der Waals surface area contributed by atoms with E-state index < -0.39 is 11.6 Å². The molecule has 0 aliphatic rings. The third-order valence-electron chi connectivity index (χ3n) is 0. The molecule has 0 bridgehead atoms. The van der Waals surface area contributed by atoms with Gasteiger partial charge in [0.2, 0.25) is 0 Å². The Hall–Kier alpha value is 0.820. The van der Waals surface area contributed by atoms with Crippen molar-refractivity contribution >= 4 is 11.6 Å². The van der Waals surface area contributed by atoms with Crippen LogP contribution in [0.2, 0.25) is 0 Å². The Kier molecular flexibility index (Phi) is 20.3. The van der Waals surface area contributed by atoms with Crippen LogP contribution in [0.3, 0.4) is 0 Å². The van der Waals surface area contributed by atoms with Gasteiger partial charge >= 0.3 is 41.1 Å². The molecule has 0 aromatic heterocycles. The minimum absolute atomic E-state index is 0. The van der Waals surface area contributed by atoms with Crippen LogP contribution in [0.1, 0.15) is 1.43 Å². The van der Waals surface area contributed by atoms with Crippen molar-refractivity contribution in [3.63, 3.8) is 0 Å². The molecule has 20 valence electrons. The van der Waals surface area contributed by atoms with Crippen molar-refractivity contribution < 1.29 is 39.4 Å². The standard InChI is InChI=1S/Na.O2S.H/c;1-3-2;/q+1;;-1. The Labute approximate surface area is 51.0 Å². The summed E-state index contributed by atoms with van der Waals surface area (Å²) in [6.07, 6.45) is 0. The van der Waals surface area contributed by atoms with Crippen molar-refractivity contribution in [3.8, 4) is 0 Å². The zero-order valence-corrected chi connectivity index (χ0v) is 5.04. The first-order valence-corrected chi connectivity index (χ1v) is 1.00. The third kappa shape index (κ3) is 13.9. The molecule has 0 amide bonds. The molecule has 0 N–H and O–H groups in total. The van der Waals surface area contributed by atoms with Gasteiger partial charge < -0.3 is 1.43 Å². The predicted octanol–water partition coefficient (Wildman–Crippen LogP) is -3.55. The molecule has 0 atom stereocenters. The van der Waals surface area contributed by atoms with Crippen LogP contribution >= 0.6 is 0 Å². The summed E-state index contributed by atoms with van der Waals surface area (Å²) < 4.78 is 16.6. The quantitative estimate of drug-likeness (QED) is 0.287. The Balaban J connectivity index is -0.0000000200. The van der Waals surface area contributed by atoms with E-state index in [0.29, 0.717) is 0 Å². The van der Waals surface area contributed by atoms with Crippen LogP contribution in [-0.4, -0.2) is 8.42 Å². The molecule has 4 heavy (non-hydrogen) atoms. The topological polar surface area (TPSA) is 34.1 Å². The van der Waals surface area contributed by atoms with E-state index in [2.05, 4.69) is 0 Å². The zero-order chi connectivity index (χ0) is 2.71. The predicted molar refractivity (Wildman–Crippen MR) is 10.0 cm³/mol. The Bertz CT molecular complexity index is 30.6. The first kappa shape index (κ1) is 8.84. The second-order valence-corrected chi connectivity index (χ2v) is 0.204. The van der Waals surface area contributed by atoms with Gasteiger partial charge in [-0.2, -0.15) is 8.42 Å². The molecule has 0 unspecified atom stereocenters. The maximum atomic E-state index is 8.29. The van der Waals surface area contributed by atoms with Gasteiger partial charge in [0.25, 0.3) is 0 Å². The van der Waals surface area contributed by atoms with E-state index in [1.165, 1.54) is 0 Å². The van der Waals surface area contributed by atoms with Gasteiger partial charge in [0, 0.05) is 0 Å². The van der Waals surface area contributed by atoms with Crippen LogP contribution in [0.15, 0.2) is 0 Å². The molecule has 0 fully saturated rings. The van der Waals surface area contributed by atoms with Crippen molar-refractivity contribution in [1.82, 2.24) is 0 Å². The van der Waals surface area contributed by atoms with Gasteiger partial charge in [0.1, 0.15) is 0 Å². The molecule has 0 spiro atoms. The molecular formula is HNaO2S. The van der Waals surface area contributed by atoms with Crippen LogP contribution in [-0.2, 0) is 11.6 Å². The molecular weight excluding hydrogens is 87.1 g/mol. The summed E-state index contributed by atoms with van der Waals surface area (Å²) in [6, 6.07) is 0. The Morgan fingerprint density at radius 2 is 1.50 bits per heavy atom. The SMILES string of the molecule is O=S=O.[H-].[Na+]. The van der Waals surface area contributed by atoms with Gasteiger partial charge in [0.05, 0.1) is 0 Å². The summed E-state index contributed by atoms with van der Waals surface area (Å²) >= 11 is -0.750. The van der Waals surface area contributed by atoms with E-state index >= 15 is 0 Å². The molecule has 0 heterocycles. The summed E-state index contributed by atoms with van der Waals surface area (Å²) in [5.74, 6) is 0. The molecule has 0 radical (unpaired) electrons. The van der Waals surface area contributed by atoms with E-state index in [1.807, 2.05) is 0 Å². The summed E-state index contributed by atoms with van der Waals surface area (Å²) in [4.78, 5) is 0. The van der Waals surface area contributed by atoms with Crippen molar-refractivity contribution in [2.75, 3.05) is 0 Å². The largest absolute Gasteiger partial charge is 1.00 e. The molecule has 4 heteroatoms. The van der Waals surface area contributed by atoms with Crippen molar-refractivity contribution in [2.24, 2.45) is 0 Å². The Morgan fingerprint density at radius 3 is 1.50 bits per heavy atom. The van der Waals surface area contributed by atoms with E-state index in [0.717, 1.165) is 0 Å². The maximum Gasteiger partial charge on any atom is 1.00 e. The van der Waals surface area contributed by atoms with Crippen LogP contribution in [0, 0.1) is 0 Å². The van der Waals surface area contributed by atoms with Gasteiger partial charge in [-0.3, -0.25) is 0 Å². The van der Waals surface area contributed by atoms with Crippen LogP contribution in [0.4, 0.5) is 0 Å². The van der Waals surface area contributed by atoms with Gasteiger partial charge in [-0.25, -0.2) is 0 Å². The minimum atomic E-state index is -0.750. The van der Waals surface area contributed by atoms with Crippen LogP contribution < -0.4 is 29.6 Å². The fourth-order valence-electron chi connectivity index (χ4n) is 0. The molecule has 0 aromatic carbocycles. The maximum absolute atomic E-state index is 8.29. The third-order valence-corrected chi connectivity index (χ3v) is 0. The average molecular weight is 88.1 g/mol. The first-order chi connectivity index (χ1) is 1.41. The molecule has 0 aromatic rings. The summed E-state index contributed by atoms with van der Waals surface area (Å²) in [7, 11) is 0. The smallest absolute Gasteiger partial charge is 1.00 e.